The maximum absolute atomic E-state index is 12.6. The van der Waals surface area contributed by atoms with Crippen molar-refractivity contribution in [3.05, 3.63) is 65.2 Å². The maximum atomic E-state index is 12.6. The SMILES string of the molecule is Cc1cc(O[C@H](C)C(=O)NC[C@H]2CC(=O)N(C)[C@H]2c2ccccc2)ccc1C(C)C. The van der Waals surface area contributed by atoms with Gasteiger partial charge in [0.15, 0.2) is 6.10 Å². The van der Waals surface area contributed by atoms with E-state index in [9.17, 15) is 9.59 Å². The third kappa shape index (κ3) is 4.84. The van der Waals surface area contributed by atoms with Crippen LogP contribution in [0.25, 0.3) is 0 Å². The minimum atomic E-state index is -0.612. The van der Waals surface area contributed by atoms with E-state index in [4.69, 9.17) is 4.74 Å². The molecule has 2 aromatic carbocycles. The number of nitrogens with one attached hydrogen (secondary N) is 1. The number of carbonyl (C=O) groups excluding carboxylic acids is 2. The van der Waals surface area contributed by atoms with Gasteiger partial charge in [0.05, 0.1) is 6.04 Å². The van der Waals surface area contributed by atoms with Crippen molar-refractivity contribution in [2.75, 3.05) is 13.6 Å². The number of carbonyl (C=O) groups is 2. The molecule has 1 saturated heterocycles. The Balaban J connectivity index is 1.60. The van der Waals surface area contributed by atoms with E-state index in [0.29, 0.717) is 24.6 Å². The zero-order chi connectivity index (χ0) is 21.8. The Morgan fingerprint density at radius 2 is 1.87 bits per heavy atom. The molecule has 30 heavy (non-hydrogen) atoms. The number of aryl methyl sites for hydroxylation is 1. The Labute approximate surface area is 179 Å². The molecule has 0 aromatic heterocycles. The largest absolute Gasteiger partial charge is 0.481 e. The predicted octanol–water partition coefficient (Wildman–Crippen LogP) is 4.22. The highest BCUT2D eigenvalue weighted by Gasteiger charge is 2.38. The second kappa shape index (κ2) is 9.33. The third-order valence-corrected chi connectivity index (χ3v) is 5.92. The van der Waals surface area contributed by atoms with Crippen molar-refractivity contribution < 1.29 is 14.3 Å². The molecule has 1 aliphatic heterocycles. The molecule has 1 aliphatic rings. The molecular formula is C25H32N2O3. The first-order valence-corrected chi connectivity index (χ1v) is 10.6. The minimum Gasteiger partial charge on any atom is -0.481 e. The van der Waals surface area contributed by atoms with Gasteiger partial charge in [-0.2, -0.15) is 0 Å². The van der Waals surface area contributed by atoms with Crippen molar-refractivity contribution in [2.45, 2.75) is 52.2 Å². The third-order valence-electron chi connectivity index (χ3n) is 5.92. The molecule has 5 heteroatoms. The summed E-state index contributed by atoms with van der Waals surface area (Å²) in [5.74, 6) is 1.11. The van der Waals surface area contributed by atoms with Gasteiger partial charge in [-0.15, -0.1) is 0 Å². The average Bonchev–Trinajstić information content (AvgIpc) is 3.00. The molecule has 5 nitrogen and oxygen atoms in total. The van der Waals surface area contributed by atoms with Crippen LogP contribution in [0.3, 0.4) is 0 Å². The van der Waals surface area contributed by atoms with Crippen LogP contribution >= 0.6 is 0 Å². The number of hydrogen-bond donors (Lipinski definition) is 1. The van der Waals surface area contributed by atoms with Crippen molar-refractivity contribution in [2.24, 2.45) is 5.92 Å². The maximum Gasteiger partial charge on any atom is 0.260 e. The molecule has 0 unspecified atom stereocenters. The quantitative estimate of drug-likeness (QED) is 0.746. The molecule has 0 bridgehead atoms. The zero-order valence-corrected chi connectivity index (χ0v) is 18.5. The minimum absolute atomic E-state index is 0.0264. The molecule has 2 amide bonds. The van der Waals surface area contributed by atoms with Crippen LogP contribution in [0.5, 0.6) is 5.75 Å². The molecule has 160 valence electrons. The van der Waals surface area contributed by atoms with Gasteiger partial charge in [-0.25, -0.2) is 0 Å². The van der Waals surface area contributed by atoms with Crippen LogP contribution in [0.4, 0.5) is 0 Å². The fourth-order valence-corrected chi connectivity index (χ4v) is 4.28. The lowest BCUT2D eigenvalue weighted by atomic mass is 9.93. The summed E-state index contributed by atoms with van der Waals surface area (Å²) in [4.78, 5) is 26.7. The van der Waals surface area contributed by atoms with E-state index >= 15 is 0 Å². The molecule has 2 aromatic rings. The molecule has 1 heterocycles. The number of ether oxygens (including phenoxy) is 1. The normalized spacial score (nSPS) is 19.8. The van der Waals surface area contributed by atoms with E-state index in [1.165, 1.54) is 5.56 Å². The molecule has 3 atom stereocenters. The number of nitrogens with zero attached hydrogens (tertiary/aromatic N) is 1. The molecule has 0 spiro atoms. The summed E-state index contributed by atoms with van der Waals surface area (Å²) in [5.41, 5.74) is 3.53. The number of rotatable bonds is 7. The highest BCUT2D eigenvalue weighted by Crippen LogP contribution is 2.36. The number of amides is 2. The highest BCUT2D eigenvalue weighted by molar-refractivity contribution is 5.82. The van der Waals surface area contributed by atoms with Gasteiger partial charge < -0.3 is 15.0 Å². The fraction of sp³-hybridized carbons (Fsp3) is 0.440. The highest BCUT2D eigenvalue weighted by atomic mass is 16.5. The average molecular weight is 409 g/mol. The molecule has 1 N–H and O–H groups in total. The molecule has 0 radical (unpaired) electrons. The molecule has 0 aliphatic carbocycles. The number of likely N-dealkylation sites (tertiary alicyclic amines) is 1. The molecular weight excluding hydrogens is 376 g/mol. The van der Waals surface area contributed by atoms with Gasteiger partial charge in [0.25, 0.3) is 5.91 Å². The first kappa shape index (κ1) is 21.9. The Kier molecular flexibility index (Phi) is 6.80. The van der Waals surface area contributed by atoms with Crippen molar-refractivity contribution >= 4 is 11.8 Å². The smallest absolute Gasteiger partial charge is 0.260 e. The monoisotopic (exact) mass is 408 g/mol. The molecule has 0 saturated carbocycles. The lowest BCUT2D eigenvalue weighted by Gasteiger charge is -2.26. The van der Waals surface area contributed by atoms with Crippen LogP contribution in [-0.2, 0) is 9.59 Å². The predicted molar refractivity (Wildman–Crippen MR) is 118 cm³/mol. The Hall–Kier alpha value is -2.82. The molecule has 3 rings (SSSR count). The van der Waals surface area contributed by atoms with Crippen LogP contribution in [0.1, 0.15) is 55.8 Å². The Morgan fingerprint density at radius 1 is 1.17 bits per heavy atom. The topological polar surface area (TPSA) is 58.6 Å². The molecule has 1 fully saturated rings. The zero-order valence-electron chi connectivity index (χ0n) is 18.5. The van der Waals surface area contributed by atoms with Gasteiger partial charge in [-0.3, -0.25) is 9.59 Å². The van der Waals surface area contributed by atoms with Crippen LogP contribution in [0.15, 0.2) is 48.5 Å². The fourth-order valence-electron chi connectivity index (χ4n) is 4.28. The summed E-state index contributed by atoms with van der Waals surface area (Å²) in [6.07, 6.45) is -0.180. The van der Waals surface area contributed by atoms with Crippen molar-refractivity contribution in [3.8, 4) is 5.75 Å². The first-order chi connectivity index (χ1) is 14.3. The number of benzene rings is 2. The summed E-state index contributed by atoms with van der Waals surface area (Å²) >= 11 is 0. The van der Waals surface area contributed by atoms with Gasteiger partial charge in [0, 0.05) is 25.9 Å². The Bertz CT molecular complexity index is 895. The standard InChI is InChI=1S/C25H32N2O3/c1-16(2)22-12-11-21(13-17(22)3)30-18(4)25(29)26-15-20-14-23(28)27(5)24(20)19-9-7-6-8-10-19/h6-13,16,18,20,24H,14-15H2,1-5H3,(H,26,29)/t18-,20-,24+/m1/s1. The lowest BCUT2D eigenvalue weighted by Crippen LogP contribution is -2.39. The van der Waals surface area contributed by atoms with E-state index in [1.807, 2.05) is 49.5 Å². The van der Waals surface area contributed by atoms with Crippen molar-refractivity contribution in [1.82, 2.24) is 10.2 Å². The van der Waals surface area contributed by atoms with Gasteiger partial charge in [-0.05, 0) is 48.6 Å². The van der Waals surface area contributed by atoms with Crippen LogP contribution in [0.2, 0.25) is 0 Å². The second-order valence-electron chi connectivity index (χ2n) is 8.50. The van der Waals surface area contributed by atoms with Crippen LogP contribution in [0, 0.1) is 12.8 Å². The van der Waals surface area contributed by atoms with E-state index in [0.717, 1.165) is 11.1 Å². The second-order valence-corrected chi connectivity index (χ2v) is 8.50. The van der Waals surface area contributed by atoms with Crippen molar-refractivity contribution in [3.63, 3.8) is 0 Å². The summed E-state index contributed by atoms with van der Waals surface area (Å²) in [6.45, 7) is 8.57. The van der Waals surface area contributed by atoms with Gasteiger partial charge in [-0.1, -0.05) is 50.2 Å². The van der Waals surface area contributed by atoms with Gasteiger partial charge >= 0.3 is 0 Å². The number of hydrogen-bond acceptors (Lipinski definition) is 3. The van der Waals surface area contributed by atoms with E-state index in [-0.39, 0.29) is 23.8 Å². The summed E-state index contributed by atoms with van der Waals surface area (Å²) in [7, 11) is 1.83. The van der Waals surface area contributed by atoms with E-state index in [2.05, 4.69) is 32.2 Å². The van der Waals surface area contributed by atoms with E-state index in [1.54, 1.807) is 11.8 Å². The van der Waals surface area contributed by atoms with Gasteiger partial charge in [0.2, 0.25) is 5.91 Å². The van der Waals surface area contributed by atoms with Crippen molar-refractivity contribution in [1.29, 1.82) is 0 Å². The van der Waals surface area contributed by atoms with E-state index < -0.39 is 6.10 Å². The van der Waals surface area contributed by atoms with Crippen LogP contribution in [-0.4, -0.2) is 36.4 Å². The lowest BCUT2D eigenvalue weighted by molar-refractivity contribution is -0.128. The Morgan fingerprint density at radius 3 is 2.50 bits per heavy atom. The summed E-state index contributed by atoms with van der Waals surface area (Å²) in [6, 6.07) is 15.9. The van der Waals surface area contributed by atoms with Crippen LogP contribution < -0.4 is 10.1 Å². The summed E-state index contributed by atoms with van der Waals surface area (Å²) in [5, 5.41) is 2.99. The summed E-state index contributed by atoms with van der Waals surface area (Å²) < 4.78 is 5.87. The van der Waals surface area contributed by atoms with Gasteiger partial charge in [0.1, 0.15) is 5.75 Å². The first-order valence-electron chi connectivity index (χ1n) is 10.6.